The molecule has 0 aliphatic carbocycles. The molecule has 0 amide bonds. The van der Waals surface area contributed by atoms with Crippen molar-refractivity contribution >= 4 is 15.4 Å². The van der Waals surface area contributed by atoms with E-state index in [2.05, 4.69) is 0 Å². The second-order valence-electron chi connectivity index (χ2n) is 5.36. The molecule has 0 N–H and O–H groups in total. The molecule has 7 nitrogen and oxygen atoms in total. The van der Waals surface area contributed by atoms with Crippen LogP contribution >= 0.6 is 15.4 Å². The maximum Gasteiger partial charge on any atom is 0.475 e. The predicted octanol–water partition coefficient (Wildman–Crippen LogP) is 5.75. The van der Waals surface area contributed by atoms with Crippen molar-refractivity contribution in [3.63, 3.8) is 0 Å². The summed E-state index contributed by atoms with van der Waals surface area (Å²) in [5.41, 5.74) is 0. The van der Waals surface area contributed by atoms with E-state index >= 15 is 0 Å². The van der Waals surface area contributed by atoms with Gasteiger partial charge >= 0.3 is 15.4 Å². The monoisotopic (exact) mass is 388 g/mol. The SMILES string of the molecule is CCCCOP(=O)(COP(=O)(OCCC)OCCC)OCCCC. The summed E-state index contributed by atoms with van der Waals surface area (Å²) in [5.74, 6) is 0. The van der Waals surface area contributed by atoms with Crippen molar-refractivity contribution in [1.82, 2.24) is 0 Å². The highest BCUT2D eigenvalue weighted by Crippen LogP contribution is 2.57. The van der Waals surface area contributed by atoms with Crippen molar-refractivity contribution in [2.24, 2.45) is 0 Å². The first kappa shape index (κ1) is 24.3. The first-order valence-electron chi connectivity index (χ1n) is 8.87. The van der Waals surface area contributed by atoms with Gasteiger partial charge in [0, 0.05) is 0 Å². The highest BCUT2D eigenvalue weighted by atomic mass is 31.2. The molecule has 0 saturated carbocycles. The minimum atomic E-state index is -3.76. The Morgan fingerprint density at radius 2 is 1.04 bits per heavy atom. The maximum absolute atomic E-state index is 12.8. The molecular formula is C15H34O7P2. The number of phosphoric acid groups is 1. The third kappa shape index (κ3) is 11.8. The van der Waals surface area contributed by atoms with Crippen LogP contribution in [0.3, 0.4) is 0 Å². The first-order chi connectivity index (χ1) is 11.4. The molecule has 0 unspecified atom stereocenters. The molecule has 0 aromatic rings. The van der Waals surface area contributed by atoms with Gasteiger partial charge in [-0.25, -0.2) is 4.57 Å². The number of unbranched alkanes of at least 4 members (excludes halogenated alkanes) is 2. The van der Waals surface area contributed by atoms with Crippen LogP contribution in [0, 0.1) is 0 Å². The van der Waals surface area contributed by atoms with Gasteiger partial charge in [0.1, 0.15) is 0 Å². The lowest BCUT2D eigenvalue weighted by atomic mass is 10.4. The Bertz CT molecular complexity index is 364. The lowest BCUT2D eigenvalue weighted by Gasteiger charge is -2.22. The molecule has 0 saturated heterocycles. The third-order valence-corrected chi connectivity index (χ3v) is 6.10. The van der Waals surface area contributed by atoms with Crippen molar-refractivity contribution in [3.8, 4) is 0 Å². The van der Waals surface area contributed by atoms with Gasteiger partial charge in [-0.2, -0.15) is 0 Å². The predicted molar refractivity (Wildman–Crippen MR) is 95.4 cm³/mol. The number of hydrogen-bond acceptors (Lipinski definition) is 7. The molecular weight excluding hydrogens is 354 g/mol. The van der Waals surface area contributed by atoms with Gasteiger partial charge < -0.3 is 9.05 Å². The van der Waals surface area contributed by atoms with Crippen LogP contribution in [0.4, 0.5) is 0 Å². The van der Waals surface area contributed by atoms with E-state index in [0.29, 0.717) is 26.1 Å². The van der Waals surface area contributed by atoms with Crippen LogP contribution in [-0.2, 0) is 31.7 Å². The fourth-order valence-corrected chi connectivity index (χ4v) is 4.67. The Morgan fingerprint density at radius 3 is 1.42 bits per heavy atom. The fraction of sp³-hybridized carbons (Fsp3) is 1.00. The molecule has 0 fully saturated rings. The van der Waals surface area contributed by atoms with Crippen molar-refractivity contribution < 1.29 is 31.7 Å². The number of hydrogen-bond donors (Lipinski definition) is 0. The molecule has 9 heteroatoms. The summed E-state index contributed by atoms with van der Waals surface area (Å²) in [4.78, 5) is 0. The summed E-state index contributed by atoms with van der Waals surface area (Å²) in [5, 5.41) is 0. The lowest BCUT2D eigenvalue weighted by Crippen LogP contribution is -2.08. The van der Waals surface area contributed by atoms with Crippen LogP contribution in [0.15, 0.2) is 0 Å². The maximum atomic E-state index is 12.8. The van der Waals surface area contributed by atoms with E-state index in [9.17, 15) is 9.13 Å². The van der Waals surface area contributed by atoms with Gasteiger partial charge in [0.25, 0.3) is 0 Å². The van der Waals surface area contributed by atoms with Crippen molar-refractivity contribution in [2.75, 3.05) is 32.8 Å². The topological polar surface area (TPSA) is 80.3 Å². The molecule has 0 rings (SSSR count). The van der Waals surface area contributed by atoms with Crippen molar-refractivity contribution in [3.05, 3.63) is 0 Å². The van der Waals surface area contributed by atoms with Crippen LogP contribution in [0.5, 0.6) is 0 Å². The Labute approximate surface area is 146 Å². The summed E-state index contributed by atoms with van der Waals surface area (Å²) in [6.07, 6.45) is 4.24. The largest absolute Gasteiger partial charge is 0.475 e. The van der Waals surface area contributed by atoms with Gasteiger partial charge in [-0.15, -0.1) is 0 Å². The molecule has 0 spiro atoms. The van der Waals surface area contributed by atoms with Gasteiger partial charge in [0.05, 0.1) is 26.4 Å². The molecule has 0 aromatic carbocycles. The van der Waals surface area contributed by atoms with Crippen LogP contribution < -0.4 is 0 Å². The smallest absolute Gasteiger partial charge is 0.307 e. The number of phosphoric ester groups is 1. The number of rotatable bonds is 17. The highest BCUT2D eigenvalue weighted by Gasteiger charge is 2.33. The van der Waals surface area contributed by atoms with Gasteiger partial charge in [0.15, 0.2) is 6.35 Å². The average Bonchev–Trinajstić information content (AvgIpc) is 2.57. The van der Waals surface area contributed by atoms with E-state index in [0.717, 1.165) is 25.7 Å². The molecule has 0 aliphatic rings. The summed E-state index contributed by atoms with van der Waals surface area (Å²) in [6.45, 7) is 8.87. The highest BCUT2D eigenvalue weighted by molar-refractivity contribution is 7.55. The third-order valence-electron chi connectivity index (χ3n) is 2.85. The summed E-state index contributed by atoms with van der Waals surface area (Å²) >= 11 is 0. The Balaban J connectivity index is 4.74. The van der Waals surface area contributed by atoms with E-state index in [1.165, 1.54) is 0 Å². The van der Waals surface area contributed by atoms with Crippen LogP contribution in [0.2, 0.25) is 0 Å². The average molecular weight is 388 g/mol. The van der Waals surface area contributed by atoms with E-state index < -0.39 is 21.8 Å². The summed E-state index contributed by atoms with van der Waals surface area (Å²) < 4.78 is 51.8. The summed E-state index contributed by atoms with van der Waals surface area (Å²) in [6, 6.07) is 0. The zero-order chi connectivity index (χ0) is 18.3. The van der Waals surface area contributed by atoms with Gasteiger partial charge in [0.2, 0.25) is 0 Å². The fourth-order valence-electron chi connectivity index (χ4n) is 1.47. The molecule has 0 aliphatic heterocycles. The molecule has 0 heterocycles. The van der Waals surface area contributed by atoms with Gasteiger partial charge in [-0.3, -0.25) is 18.1 Å². The minimum Gasteiger partial charge on any atom is -0.307 e. The van der Waals surface area contributed by atoms with E-state index in [1.807, 2.05) is 27.7 Å². The molecule has 0 atom stereocenters. The van der Waals surface area contributed by atoms with Crippen molar-refractivity contribution in [2.45, 2.75) is 66.2 Å². The first-order valence-corrected chi connectivity index (χ1v) is 12.1. The Morgan fingerprint density at radius 1 is 0.583 bits per heavy atom. The molecule has 24 heavy (non-hydrogen) atoms. The second kappa shape index (κ2) is 14.4. The van der Waals surface area contributed by atoms with Crippen LogP contribution in [0.1, 0.15) is 66.2 Å². The molecule has 146 valence electrons. The zero-order valence-electron chi connectivity index (χ0n) is 15.5. The lowest BCUT2D eigenvalue weighted by molar-refractivity contribution is 0.112. The Kier molecular flexibility index (Phi) is 14.6. The minimum absolute atomic E-state index is 0.235. The van der Waals surface area contributed by atoms with Crippen LogP contribution in [0.25, 0.3) is 0 Å². The van der Waals surface area contributed by atoms with Gasteiger partial charge in [-0.1, -0.05) is 40.5 Å². The van der Waals surface area contributed by atoms with Gasteiger partial charge in [-0.05, 0) is 25.7 Å². The van der Waals surface area contributed by atoms with Crippen molar-refractivity contribution in [1.29, 1.82) is 0 Å². The molecule has 0 radical (unpaired) electrons. The quantitative estimate of drug-likeness (QED) is 0.232. The summed E-state index contributed by atoms with van der Waals surface area (Å²) in [7, 11) is -7.25. The zero-order valence-corrected chi connectivity index (χ0v) is 17.3. The van der Waals surface area contributed by atoms with Crippen LogP contribution in [-0.4, -0.2) is 32.8 Å². The standard InChI is InChI=1S/C15H34O7P2/c1-5-9-13-18-23(16,19-14-10-6-2)15-22-24(17,20-11-7-3)21-12-8-4/h5-15H2,1-4H3. The molecule has 0 bridgehead atoms. The molecule has 0 aromatic heterocycles. The Hall–Kier alpha value is 0.260. The van der Waals surface area contributed by atoms with E-state index in [1.54, 1.807) is 0 Å². The van der Waals surface area contributed by atoms with E-state index in [-0.39, 0.29) is 13.2 Å². The second-order valence-corrected chi connectivity index (χ2v) is 9.02. The van der Waals surface area contributed by atoms with E-state index in [4.69, 9.17) is 22.6 Å². The normalized spacial score (nSPS) is 12.7.